The molecule has 0 atom stereocenters. The molecular weight excluding hydrogens is 623 g/mol. The largest absolute Gasteiger partial charge is 0.496 e. The van der Waals surface area contributed by atoms with E-state index in [4.69, 9.17) is 31.6 Å². The lowest BCUT2D eigenvalue weighted by Gasteiger charge is -2.08. The van der Waals surface area contributed by atoms with Crippen molar-refractivity contribution >= 4 is 85.3 Å². The number of hydrogen-bond donors (Lipinski definition) is 0. The normalized spacial score (nSPS) is 11.4. The first kappa shape index (κ1) is 32.5. The summed E-state index contributed by atoms with van der Waals surface area (Å²) in [6, 6.07) is 21.9. The van der Waals surface area contributed by atoms with Gasteiger partial charge in [-0.05, 0) is 86.7 Å². The quantitative estimate of drug-likeness (QED) is 0.0911. The van der Waals surface area contributed by atoms with Crippen LogP contribution in [0.1, 0.15) is 33.3 Å². The standard InChI is InChI=1S/C31H19O6P.C7H12O.C2H6/c1-3-17-8-26-20(11-23(17)32-2)14-29(35-26)38(30-15-21-12-24-18(4-6-33-24)9-27(21)36-30)31-16-22-13-25-19(5-7-34-25)10-28(22)37-31;1-4-6-7(3)8-5-2;1-2/h3-16H,1H2,2H3;4,6H,3,5H2,1-2H3;1-2H3/b;6-4-;. The van der Waals surface area contributed by atoms with Crippen molar-refractivity contribution in [2.24, 2.45) is 0 Å². The van der Waals surface area contributed by atoms with Crippen LogP contribution >= 0.6 is 7.92 Å². The summed E-state index contributed by atoms with van der Waals surface area (Å²) in [5, 5.41) is 4.81. The Balaban J connectivity index is 0.000000356. The Morgan fingerprint density at radius 3 is 1.65 bits per heavy atom. The lowest BCUT2D eigenvalue weighted by Crippen LogP contribution is -2.17. The lowest BCUT2D eigenvalue weighted by atomic mass is 10.1. The lowest BCUT2D eigenvalue weighted by molar-refractivity contribution is 0.244. The monoisotopic (exact) mass is 660 g/mol. The highest BCUT2D eigenvalue weighted by Gasteiger charge is 2.29. The van der Waals surface area contributed by atoms with Crippen LogP contribution in [-0.2, 0) is 4.74 Å². The summed E-state index contributed by atoms with van der Waals surface area (Å²) in [6.45, 7) is 16.1. The van der Waals surface area contributed by atoms with E-state index in [0.29, 0.717) is 6.61 Å². The van der Waals surface area contributed by atoms with Crippen LogP contribution in [0.4, 0.5) is 0 Å². The van der Waals surface area contributed by atoms with Crippen LogP contribution in [0.3, 0.4) is 0 Å². The van der Waals surface area contributed by atoms with Gasteiger partial charge in [0.25, 0.3) is 0 Å². The van der Waals surface area contributed by atoms with Crippen LogP contribution in [-0.4, -0.2) is 13.7 Å². The van der Waals surface area contributed by atoms with E-state index >= 15 is 0 Å². The Morgan fingerprint density at radius 1 is 0.708 bits per heavy atom. The summed E-state index contributed by atoms with van der Waals surface area (Å²) in [6.07, 6.45) is 8.86. The highest BCUT2D eigenvalue weighted by atomic mass is 31.1. The molecule has 0 saturated carbocycles. The van der Waals surface area contributed by atoms with E-state index in [0.717, 1.165) is 88.4 Å². The molecule has 5 aromatic heterocycles. The van der Waals surface area contributed by atoms with E-state index in [1.54, 1.807) is 25.7 Å². The Labute approximate surface area is 279 Å². The average Bonchev–Trinajstić information content (AvgIpc) is 3.93. The summed E-state index contributed by atoms with van der Waals surface area (Å²) >= 11 is 0. The van der Waals surface area contributed by atoms with Crippen molar-refractivity contribution in [3.05, 3.63) is 116 Å². The predicted octanol–water partition coefficient (Wildman–Crippen LogP) is 11.0. The van der Waals surface area contributed by atoms with E-state index < -0.39 is 7.92 Å². The molecule has 8 heteroatoms. The molecule has 0 fully saturated rings. The van der Waals surface area contributed by atoms with Gasteiger partial charge in [0.05, 0.1) is 26.2 Å². The van der Waals surface area contributed by atoms with Gasteiger partial charge in [-0.25, -0.2) is 0 Å². The third-order valence-corrected chi connectivity index (χ3v) is 9.56. The Hall–Kier alpha value is -5.39. The number of rotatable bonds is 8. The van der Waals surface area contributed by atoms with Crippen LogP contribution < -0.4 is 21.2 Å². The smallest absolute Gasteiger partial charge is 0.142 e. The maximum absolute atomic E-state index is 6.47. The van der Waals surface area contributed by atoms with Crippen LogP contribution in [0.2, 0.25) is 0 Å². The molecule has 7 nitrogen and oxygen atoms in total. The number of methoxy groups -OCH3 is 1. The van der Waals surface area contributed by atoms with Gasteiger partial charge < -0.3 is 31.6 Å². The third-order valence-electron chi connectivity index (χ3n) is 7.58. The Bertz CT molecular complexity index is 2190. The summed E-state index contributed by atoms with van der Waals surface area (Å²) < 4.78 is 41.2. The summed E-state index contributed by atoms with van der Waals surface area (Å²) in [7, 11) is 0.341. The van der Waals surface area contributed by atoms with Crippen LogP contribution in [0.15, 0.2) is 132 Å². The minimum Gasteiger partial charge on any atom is -0.496 e. The molecule has 0 amide bonds. The topological polar surface area (TPSA) is 84.2 Å². The van der Waals surface area contributed by atoms with Crippen LogP contribution in [0, 0.1) is 0 Å². The zero-order valence-electron chi connectivity index (χ0n) is 27.7. The highest BCUT2D eigenvalue weighted by molar-refractivity contribution is 7.78. The number of ether oxygens (including phenoxy) is 2. The molecule has 0 aliphatic heterocycles. The summed E-state index contributed by atoms with van der Waals surface area (Å²) in [4.78, 5) is 0. The molecule has 8 aromatic rings. The zero-order chi connectivity index (χ0) is 33.8. The number of fused-ring (bicyclic) bond motifs is 5. The molecule has 0 radical (unpaired) electrons. The van der Waals surface area contributed by atoms with Gasteiger partial charge in [-0.3, -0.25) is 0 Å². The van der Waals surface area contributed by atoms with Crippen molar-refractivity contribution in [1.82, 2.24) is 0 Å². The second-order valence-corrected chi connectivity index (χ2v) is 12.5. The minimum atomic E-state index is -1.31. The molecule has 0 N–H and O–H groups in total. The van der Waals surface area contributed by atoms with Crippen LogP contribution in [0.5, 0.6) is 5.75 Å². The van der Waals surface area contributed by atoms with Crippen molar-refractivity contribution in [2.75, 3.05) is 13.7 Å². The van der Waals surface area contributed by atoms with Crippen molar-refractivity contribution in [2.45, 2.75) is 27.7 Å². The van der Waals surface area contributed by atoms with Gasteiger partial charge in [-0.2, -0.15) is 0 Å². The number of hydrogen-bond acceptors (Lipinski definition) is 7. The Kier molecular flexibility index (Phi) is 9.60. The molecular formula is C40H37O7P. The first-order chi connectivity index (χ1) is 23.5. The summed E-state index contributed by atoms with van der Waals surface area (Å²) in [5.74, 6) is 1.47. The number of allylic oxidation sites excluding steroid dienone is 2. The van der Waals surface area contributed by atoms with Crippen molar-refractivity contribution in [3.63, 3.8) is 0 Å². The average molecular weight is 661 g/mol. The number of benzene rings is 3. The molecule has 8 rings (SSSR count). The molecule has 0 spiro atoms. The Morgan fingerprint density at radius 2 is 1.19 bits per heavy atom. The number of furan rings is 5. The fourth-order valence-corrected chi connectivity index (χ4v) is 7.47. The molecule has 0 aliphatic rings. The van der Waals surface area contributed by atoms with Crippen molar-refractivity contribution in [3.8, 4) is 5.75 Å². The van der Waals surface area contributed by atoms with Crippen molar-refractivity contribution < 1.29 is 31.6 Å². The van der Waals surface area contributed by atoms with Gasteiger partial charge in [0.1, 0.15) is 63.8 Å². The fraction of sp³-hybridized carbons (Fsp3) is 0.150. The van der Waals surface area contributed by atoms with Crippen LogP contribution in [0.25, 0.3) is 60.9 Å². The van der Waals surface area contributed by atoms with E-state index in [2.05, 4.69) is 13.2 Å². The molecule has 244 valence electrons. The maximum atomic E-state index is 6.47. The van der Waals surface area contributed by atoms with Crippen molar-refractivity contribution in [1.29, 1.82) is 0 Å². The zero-order valence-corrected chi connectivity index (χ0v) is 28.6. The van der Waals surface area contributed by atoms with E-state index in [-0.39, 0.29) is 0 Å². The fourth-order valence-electron chi connectivity index (χ4n) is 5.44. The second-order valence-electron chi connectivity index (χ2n) is 10.5. The third kappa shape index (κ3) is 6.29. The van der Waals surface area contributed by atoms with Gasteiger partial charge >= 0.3 is 0 Å². The van der Waals surface area contributed by atoms with Gasteiger partial charge in [0.15, 0.2) is 0 Å². The molecule has 3 aromatic carbocycles. The van der Waals surface area contributed by atoms with E-state index in [9.17, 15) is 0 Å². The molecule has 0 bridgehead atoms. The first-order valence-electron chi connectivity index (χ1n) is 15.8. The molecule has 0 aliphatic carbocycles. The molecule has 5 heterocycles. The minimum absolute atomic E-state index is 0.698. The van der Waals surface area contributed by atoms with Gasteiger partial charge in [-0.15, -0.1) is 0 Å². The summed E-state index contributed by atoms with van der Waals surface area (Å²) in [5.41, 5.74) is 7.07. The van der Waals surface area contributed by atoms with Gasteiger partial charge in [0, 0.05) is 32.5 Å². The second kappa shape index (κ2) is 14.2. The SMILES string of the molecule is C=C(/C=C\C)OCC.C=Cc1cc2oc(P(c3cc4cc5occc5cc4o3)c3cc4cc5occc5cc4o3)cc2cc1OC.CC. The highest BCUT2D eigenvalue weighted by Crippen LogP contribution is 2.41. The maximum Gasteiger partial charge on any atom is 0.142 e. The molecule has 48 heavy (non-hydrogen) atoms. The predicted molar refractivity (Wildman–Crippen MR) is 198 cm³/mol. The van der Waals surface area contributed by atoms with E-state index in [1.807, 2.05) is 107 Å². The molecule has 0 unspecified atom stereocenters. The van der Waals surface area contributed by atoms with Gasteiger partial charge in [-0.1, -0.05) is 39.2 Å². The molecule has 0 saturated heterocycles. The van der Waals surface area contributed by atoms with E-state index in [1.165, 1.54) is 0 Å². The first-order valence-corrected chi connectivity index (χ1v) is 17.1. The van der Waals surface area contributed by atoms with Gasteiger partial charge in [0.2, 0.25) is 0 Å².